The summed E-state index contributed by atoms with van der Waals surface area (Å²) < 4.78 is 5.50. The van der Waals surface area contributed by atoms with Gasteiger partial charge in [0.05, 0.1) is 13.2 Å². The van der Waals surface area contributed by atoms with Crippen molar-refractivity contribution < 1.29 is 9.53 Å². The molecule has 102 valence electrons. The van der Waals surface area contributed by atoms with Gasteiger partial charge in [0.25, 0.3) is 0 Å². The standard InChI is InChI=1S/C14H19N3O2/c1-11-9-19-5-4-17(11)14-2-3-15-6-13(14)12-7-16(8-12)10-18/h2-3,6,10-12H,4-5,7-9H2,1H3. The molecule has 0 aromatic carbocycles. The van der Waals surface area contributed by atoms with Crippen molar-refractivity contribution in [3.05, 3.63) is 24.0 Å². The van der Waals surface area contributed by atoms with Crippen LogP contribution in [0.5, 0.6) is 0 Å². The summed E-state index contributed by atoms with van der Waals surface area (Å²) in [6.45, 7) is 6.26. The molecule has 5 nitrogen and oxygen atoms in total. The third-order valence-corrected chi connectivity index (χ3v) is 4.00. The smallest absolute Gasteiger partial charge is 0.209 e. The van der Waals surface area contributed by atoms with E-state index in [2.05, 4.69) is 22.9 Å². The van der Waals surface area contributed by atoms with Crippen molar-refractivity contribution >= 4 is 12.1 Å². The highest BCUT2D eigenvalue weighted by molar-refractivity contribution is 5.58. The molecule has 0 spiro atoms. The van der Waals surface area contributed by atoms with Gasteiger partial charge in [0.15, 0.2) is 0 Å². The molecule has 0 saturated carbocycles. The summed E-state index contributed by atoms with van der Waals surface area (Å²) in [5.41, 5.74) is 2.51. The molecular weight excluding hydrogens is 242 g/mol. The summed E-state index contributed by atoms with van der Waals surface area (Å²) in [5, 5.41) is 0. The van der Waals surface area contributed by atoms with Crippen molar-refractivity contribution in [3.8, 4) is 0 Å². The number of carbonyl (C=O) groups is 1. The van der Waals surface area contributed by atoms with Gasteiger partial charge in [0.1, 0.15) is 0 Å². The molecule has 1 aromatic rings. The van der Waals surface area contributed by atoms with E-state index < -0.39 is 0 Å². The topological polar surface area (TPSA) is 45.7 Å². The number of rotatable bonds is 3. The minimum absolute atomic E-state index is 0.386. The van der Waals surface area contributed by atoms with Crippen LogP contribution in [0.4, 0.5) is 5.69 Å². The van der Waals surface area contributed by atoms with Gasteiger partial charge in [-0.3, -0.25) is 9.78 Å². The Balaban J connectivity index is 1.83. The van der Waals surface area contributed by atoms with Gasteiger partial charge in [-0.15, -0.1) is 0 Å². The zero-order chi connectivity index (χ0) is 13.2. The molecule has 0 radical (unpaired) electrons. The Morgan fingerprint density at radius 3 is 3.05 bits per heavy atom. The van der Waals surface area contributed by atoms with Crippen LogP contribution in [-0.2, 0) is 9.53 Å². The highest BCUT2D eigenvalue weighted by atomic mass is 16.5. The zero-order valence-electron chi connectivity index (χ0n) is 11.2. The third kappa shape index (κ3) is 2.30. The number of carbonyl (C=O) groups excluding carboxylic acids is 1. The number of likely N-dealkylation sites (tertiary alicyclic amines) is 1. The number of morpholine rings is 1. The first kappa shape index (κ1) is 12.4. The molecule has 0 bridgehead atoms. The fraction of sp³-hybridized carbons (Fsp3) is 0.571. The van der Waals surface area contributed by atoms with Crippen molar-refractivity contribution in [2.75, 3.05) is 37.7 Å². The van der Waals surface area contributed by atoms with E-state index in [4.69, 9.17) is 4.74 Å². The van der Waals surface area contributed by atoms with Gasteiger partial charge >= 0.3 is 0 Å². The molecule has 19 heavy (non-hydrogen) atoms. The highest BCUT2D eigenvalue weighted by Crippen LogP contribution is 2.34. The fourth-order valence-electron chi connectivity index (χ4n) is 2.86. The van der Waals surface area contributed by atoms with Crippen LogP contribution in [0.25, 0.3) is 0 Å². The lowest BCUT2D eigenvalue weighted by Crippen LogP contribution is -2.47. The third-order valence-electron chi connectivity index (χ3n) is 4.00. The summed E-state index contributed by atoms with van der Waals surface area (Å²) in [5.74, 6) is 0.420. The van der Waals surface area contributed by atoms with E-state index >= 15 is 0 Å². The number of hydrogen-bond acceptors (Lipinski definition) is 4. The quantitative estimate of drug-likeness (QED) is 0.757. The maximum Gasteiger partial charge on any atom is 0.209 e. The molecule has 1 unspecified atom stereocenters. The van der Waals surface area contributed by atoms with Crippen LogP contribution < -0.4 is 4.90 Å². The molecule has 5 heteroatoms. The first-order chi connectivity index (χ1) is 9.29. The molecular formula is C14H19N3O2. The fourth-order valence-corrected chi connectivity index (χ4v) is 2.86. The molecule has 1 amide bonds. The van der Waals surface area contributed by atoms with E-state index in [9.17, 15) is 4.79 Å². The first-order valence-electron chi connectivity index (χ1n) is 6.77. The Morgan fingerprint density at radius 2 is 2.32 bits per heavy atom. The average Bonchev–Trinajstić information content (AvgIpc) is 2.39. The second-order valence-corrected chi connectivity index (χ2v) is 5.31. The van der Waals surface area contributed by atoms with Gasteiger partial charge in [-0.25, -0.2) is 0 Å². The minimum Gasteiger partial charge on any atom is -0.377 e. The number of anilines is 1. The van der Waals surface area contributed by atoms with Crippen LogP contribution >= 0.6 is 0 Å². The number of ether oxygens (including phenoxy) is 1. The Labute approximate surface area is 113 Å². The van der Waals surface area contributed by atoms with E-state index in [1.165, 1.54) is 11.3 Å². The molecule has 3 rings (SSSR count). The Bertz CT molecular complexity index is 460. The average molecular weight is 261 g/mol. The molecule has 3 heterocycles. The normalized spacial score (nSPS) is 24.2. The van der Waals surface area contributed by atoms with Crippen LogP contribution in [-0.4, -0.2) is 55.2 Å². The second-order valence-electron chi connectivity index (χ2n) is 5.31. The van der Waals surface area contributed by atoms with Gasteiger partial charge < -0.3 is 14.5 Å². The van der Waals surface area contributed by atoms with Gasteiger partial charge in [-0.2, -0.15) is 0 Å². The molecule has 0 N–H and O–H groups in total. The number of hydrogen-bond donors (Lipinski definition) is 0. The second kappa shape index (κ2) is 5.17. The van der Waals surface area contributed by atoms with Gasteiger partial charge in [0, 0.05) is 55.2 Å². The predicted molar refractivity (Wildman–Crippen MR) is 72.2 cm³/mol. The van der Waals surface area contributed by atoms with Gasteiger partial charge in [-0.05, 0) is 13.0 Å². The highest BCUT2D eigenvalue weighted by Gasteiger charge is 2.31. The summed E-state index contributed by atoms with van der Waals surface area (Å²) >= 11 is 0. The monoisotopic (exact) mass is 261 g/mol. The molecule has 2 saturated heterocycles. The van der Waals surface area contributed by atoms with E-state index in [0.29, 0.717) is 12.0 Å². The summed E-state index contributed by atoms with van der Waals surface area (Å²) in [6, 6.07) is 2.47. The van der Waals surface area contributed by atoms with Crippen LogP contribution in [0, 0.1) is 0 Å². The van der Waals surface area contributed by atoms with Crippen molar-refractivity contribution in [1.82, 2.24) is 9.88 Å². The van der Waals surface area contributed by atoms with E-state index in [0.717, 1.165) is 39.3 Å². The summed E-state index contributed by atoms with van der Waals surface area (Å²) in [4.78, 5) is 19.1. The minimum atomic E-state index is 0.386. The number of nitrogens with zero attached hydrogens (tertiary/aromatic N) is 3. The summed E-state index contributed by atoms with van der Waals surface area (Å²) in [7, 11) is 0. The van der Waals surface area contributed by atoms with E-state index in [-0.39, 0.29) is 0 Å². The van der Waals surface area contributed by atoms with Crippen LogP contribution in [0.15, 0.2) is 18.5 Å². The van der Waals surface area contributed by atoms with E-state index in [1.807, 2.05) is 12.4 Å². The Hall–Kier alpha value is -1.62. The molecule has 2 aliphatic rings. The van der Waals surface area contributed by atoms with Crippen LogP contribution in [0.2, 0.25) is 0 Å². The molecule has 2 aliphatic heterocycles. The Kier molecular flexibility index (Phi) is 3.38. The maximum absolute atomic E-state index is 10.7. The Morgan fingerprint density at radius 1 is 1.47 bits per heavy atom. The van der Waals surface area contributed by atoms with Crippen molar-refractivity contribution in [1.29, 1.82) is 0 Å². The van der Waals surface area contributed by atoms with Crippen molar-refractivity contribution in [3.63, 3.8) is 0 Å². The number of amides is 1. The van der Waals surface area contributed by atoms with E-state index in [1.54, 1.807) is 4.90 Å². The van der Waals surface area contributed by atoms with Crippen molar-refractivity contribution in [2.45, 2.75) is 18.9 Å². The van der Waals surface area contributed by atoms with Gasteiger partial charge in [0.2, 0.25) is 6.41 Å². The number of aromatic nitrogens is 1. The lowest BCUT2D eigenvalue weighted by Gasteiger charge is -2.41. The first-order valence-corrected chi connectivity index (χ1v) is 6.77. The van der Waals surface area contributed by atoms with Crippen molar-refractivity contribution in [2.24, 2.45) is 0 Å². The van der Waals surface area contributed by atoms with Gasteiger partial charge in [-0.1, -0.05) is 0 Å². The predicted octanol–water partition coefficient (Wildman–Crippen LogP) is 0.862. The zero-order valence-corrected chi connectivity index (χ0v) is 11.2. The van der Waals surface area contributed by atoms with Crippen LogP contribution in [0.1, 0.15) is 18.4 Å². The lowest BCUT2D eigenvalue weighted by molar-refractivity contribution is -0.122. The SMILES string of the molecule is CC1COCCN1c1ccncc1C1CN(C=O)C1. The van der Waals surface area contributed by atoms with Crippen LogP contribution in [0.3, 0.4) is 0 Å². The molecule has 2 fully saturated rings. The molecule has 1 aromatic heterocycles. The largest absolute Gasteiger partial charge is 0.377 e. The maximum atomic E-state index is 10.7. The summed E-state index contributed by atoms with van der Waals surface area (Å²) in [6.07, 6.45) is 4.71. The number of pyridine rings is 1. The molecule has 1 atom stereocenters. The lowest BCUT2D eigenvalue weighted by atomic mass is 9.91. The molecule has 0 aliphatic carbocycles.